The highest BCUT2D eigenvalue weighted by atomic mass is 35.5. The number of hydrogen-bond acceptors (Lipinski definition) is 7. The zero-order chi connectivity index (χ0) is 25.9. The summed E-state index contributed by atoms with van der Waals surface area (Å²) in [6, 6.07) is 17.5. The van der Waals surface area contributed by atoms with Crippen molar-refractivity contribution in [3.8, 4) is 5.69 Å². The summed E-state index contributed by atoms with van der Waals surface area (Å²) in [6.07, 6.45) is 1.71. The maximum absolute atomic E-state index is 13.1. The number of sulfone groups is 1. The maximum atomic E-state index is 13.1. The van der Waals surface area contributed by atoms with E-state index in [0.29, 0.717) is 21.0 Å². The molecule has 0 atom stereocenters. The van der Waals surface area contributed by atoms with Crippen molar-refractivity contribution in [1.29, 1.82) is 0 Å². The van der Waals surface area contributed by atoms with Gasteiger partial charge in [-0.1, -0.05) is 23.7 Å². The lowest BCUT2D eigenvalue weighted by Gasteiger charge is -2.12. The minimum absolute atomic E-state index is 0.0190. The Morgan fingerprint density at radius 3 is 2.47 bits per heavy atom. The summed E-state index contributed by atoms with van der Waals surface area (Å²) in [5, 5.41) is 4.81. The highest BCUT2D eigenvalue weighted by molar-refractivity contribution is 7.94. The van der Waals surface area contributed by atoms with Crippen LogP contribution in [-0.2, 0) is 21.1 Å². The van der Waals surface area contributed by atoms with Crippen molar-refractivity contribution in [2.45, 2.75) is 10.6 Å². The van der Waals surface area contributed by atoms with Gasteiger partial charge in [0.1, 0.15) is 9.96 Å². The Hall–Kier alpha value is -2.98. The van der Waals surface area contributed by atoms with Gasteiger partial charge in [-0.05, 0) is 73.6 Å². The van der Waals surface area contributed by atoms with E-state index in [1.165, 1.54) is 12.1 Å². The summed E-state index contributed by atoms with van der Waals surface area (Å²) in [6.45, 7) is 1.71. The minimum Gasteiger partial charge on any atom is -0.384 e. The number of likely N-dealkylation sites (N-methyl/N-ethyl adjacent to an activating group) is 1. The summed E-state index contributed by atoms with van der Waals surface area (Å²) in [4.78, 5) is 27.6. The number of nitrogens with zero attached hydrogens (tertiary/aromatic N) is 2. The molecule has 0 fully saturated rings. The number of hydrogen-bond donors (Lipinski definition) is 1. The van der Waals surface area contributed by atoms with Gasteiger partial charge in [-0.2, -0.15) is 0 Å². The van der Waals surface area contributed by atoms with E-state index in [-0.39, 0.29) is 16.2 Å². The van der Waals surface area contributed by atoms with Crippen LogP contribution >= 0.6 is 22.9 Å². The van der Waals surface area contributed by atoms with Gasteiger partial charge < -0.3 is 10.2 Å². The van der Waals surface area contributed by atoms with Crippen LogP contribution in [-0.4, -0.2) is 56.6 Å². The molecule has 7 nitrogen and oxygen atoms in total. The molecule has 0 spiro atoms. The lowest BCUT2D eigenvalue weighted by atomic mass is 10.1. The van der Waals surface area contributed by atoms with Gasteiger partial charge in [0, 0.05) is 42.5 Å². The van der Waals surface area contributed by atoms with E-state index >= 15 is 0 Å². The zero-order valence-electron chi connectivity index (χ0n) is 19.9. The fourth-order valence-electron chi connectivity index (χ4n) is 3.79. The summed E-state index contributed by atoms with van der Waals surface area (Å²) in [7, 11) is 0.316. The van der Waals surface area contributed by atoms with E-state index in [1.807, 2.05) is 38.4 Å². The van der Waals surface area contributed by atoms with Crippen molar-refractivity contribution in [3.05, 3.63) is 87.1 Å². The Kier molecular flexibility index (Phi) is 7.94. The fourth-order valence-corrected chi connectivity index (χ4v) is 6.60. The molecule has 0 bridgehead atoms. The largest absolute Gasteiger partial charge is 0.384 e. The summed E-state index contributed by atoms with van der Waals surface area (Å²) < 4.78 is 26.8. The van der Waals surface area contributed by atoms with Gasteiger partial charge >= 0.3 is 0 Å². The summed E-state index contributed by atoms with van der Waals surface area (Å²) >= 11 is 6.75. The number of nitrogens with one attached hydrogen (secondary N) is 1. The number of rotatable bonds is 10. The van der Waals surface area contributed by atoms with E-state index in [2.05, 4.69) is 10.2 Å². The number of carbonyl (C=O) groups excluding carboxylic acids is 1. The Morgan fingerprint density at radius 2 is 1.81 bits per heavy atom. The second kappa shape index (κ2) is 11.0. The van der Waals surface area contributed by atoms with Crippen LogP contribution in [0.15, 0.2) is 75.9 Å². The van der Waals surface area contributed by atoms with Crippen LogP contribution in [0.25, 0.3) is 16.5 Å². The average Bonchev–Trinajstić information content (AvgIpc) is 3.27. The van der Waals surface area contributed by atoms with Crippen LogP contribution in [0.3, 0.4) is 0 Å². The molecule has 0 aliphatic rings. The molecule has 4 aromatic rings. The van der Waals surface area contributed by atoms with Gasteiger partial charge in [0.05, 0.1) is 4.34 Å². The van der Waals surface area contributed by atoms with Crippen LogP contribution in [0.1, 0.15) is 5.56 Å². The van der Waals surface area contributed by atoms with Gasteiger partial charge in [0.2, 0.25) is 0 Å². The number of halogens is 1. The molecule has 2 aromatic carbocycles. The lowest BCUT2D eigenvalue weighted by molar-refractivity contribution is -0.116. The predicted octanol–water partition coefficient (Wildman–Crippen LogP) is 4.26. The summed E-state index contributed by atoms with van der Waals surface area (Å²) in [5.41, 5.74) is 2.15. The van der Waals surface area contributed by atoms with Crippen molar-refractivity contribution in [1.82, 2.24) is 9.47 Å². The molecule has 2 heterocycles. The SMILES string of the molecule is CN(C)CCNc1ccc2c(=O)n(-c3ccc(CC(=O)CS(=O)(=O)c4ccc(Cl)s4)cc3)ccc2c1. The van der Waals surface area contributed by atoms with Crippen LogP contribution in [0.4, 0.5) is 5.69 Å². The average molecular weight is 544 g/mol. The molecule has 1 N–H and O–H groups in total. The molecule has 0 aliphatic carbocycles. The van der Waals surface area contributed by atoms with Crippen molar-refractivity contribution in [2.24, 2.45) is 0 Å². The van der Waals surface area contributed by atoms with Crippen molar-refractivity contribution < 1.29 is 13.2 Å². The maximum Gasteiger partial charge on any atom is 0.262 e. The highest BCUT2D eigenvalue weighted by Gasteiger charge is 2.21. The zero-order valence-corrected chi connectivity index (χ0v) is 22.3. The first-order chi connectivity index (χ1) is 17.1. The van der Waals surface area contributed by atoms with Crippen LogP contribution < -0.4 is 10.9 Å². The Bertz CT molecular complexity index is 1560. The third-order valence-corrected chi connectivity index (χ3v) is 9.10. The highest BCUT2D eigenvalue weighted by Crippen LogP contribution is 2.26. The Labute approximate surface area is 218 Å². The molecular formula is C26H26ClN3O4S2. The monoisotopic (exact) mass is 543 g/mol. The Morgan fingerprint density at radius 1 is 1.06 bits per heavy atom. The molecule has 10 heteroatoms. The standard InChI is InChI=1S/C26H26ClN3O4S2/c1-29(2)14-12-28-20-5-8-23-19(16-20)11-13-30(26(23)32)21-6-3-18(4-7-21)15-22(31)17-36(33,34)25-10-9-24(27)35-25/h3-11,13,16,28H,12,14-15,17H2,1-2H3. The number of benzene rings is 2. The van der Waals surface area contributed by atoms with Crippen molar-refractivity contribution in [2.75, 3.05) is 38.3 Å². The number of aromatic nitrogens is 1. The van der Waals surface area contributed by atoms with E-state index in [1.54, 1.807) is 35.0 Å². The molecule has 4 rings (SSSR count). The number of thiophene rings is 1. The number of carbonyl (C=O) groups is 1. The third kappa shape index (κ3) is 6.22. The normalized spacial score (nSPS) is 11.8. The van der Waals surface area contributed by atoms with Gasteiger partial charge in [0.25, 0.3) is 5.56 Å². The van der Waals surface area contributed by atoms with Gasteiger partial charge in [0.15, 0.2) is 15.6 Å². The van der Waals surface area contributed by atoms with Gasteiger partial charge in [-0.15, -0.1) is 11.3 Å². The Balaban J connectivity index is 1.46. The number of ketones is 1. The minimum atomic E-state index is -3.72. The molecule has 0 radical (unpaired) electrons. The molecule has 188 valence electrons. The predicted molar refractivity (Wildman–Crippen MR) is 147 cm³/mol. The van der Waals surface area contributed by atoms with Gasteiger partial charge in [-0.3, -0.25) is 14.2 Å². The quantitative estimate of drug-likeness (QED) is 0.321. The van der Waals surface area contributed by atoms with E-state index in [9.17, 15) is 18.0 Å². The van der Waals surface area contributed by atoms with Gasteiger partial charge in [-0.25, -0.2) is 8.42 Å². The van der Waals surface area contributed by atoms with E-state index in [4.69, 9.17) is 11.6 Å². The topological polar surface area (TPSA) is 88.5 Å². The number of fused-ring (bicyclic) bond motifs is 1. The molecular weight excluding hydrogens is 518 g/mol. The molecule has 0 unspecified atom stereocenters. The molecule has 36 heavy (non-hydrogen) atoms. The van der Waals surface area contributed by atoms with Crippen molar-refractivity contribution in [3.63, 3.8) is 0 Å². The first-order valence-corrected chi connectivity index (χ1v) is 14.1. The van der Waals surface area contributed by atoms with Crippen LogP contribution in [0, 0.1) is 0 Å². The second-order valence-electron chi connectivity index (χ2n) is 8.72. The lowest BCUT2D eigenvalue weighted by Crippen LogP contribution is -2.21. The number of Topliss-reactive ketones (excluding diaryl/α,β-unsaturated/α-hetero) is 1. The molecule has 2 aromatic heterocycles. The summed E-state index contributed by atoms with van der Waals surface area (Å²) in [5.74, 6) is -0.994. The van der Waals surface area contributed by atoms with Crippen LogP contribution in [0.5, 0.6) is 0 Å². The molecule has 0 saturated carbocycles. The number of pyridine rings is 1. The molecule has 0 amide bonds. The van der Waals surface area contributed by atoms with E-state index in [0.717, 1.165) is 35.5 Å². The molecule has 0 saturated heterocycles. The van der Waals surface area contributed by atoms with Crippen LogP contribution in [0.2, 0.25) is 4.34 Å². The third-order valence-electron chi connectivity index (χ3n) is 5.61. The second-order valence-corrected chi connectivity index (χ2v) is 12.7. The fraction of sp³-hybridized carbons (Fsp3) is 0.231. The first-order valence-electron chi connectivity index (χ1n) is 11.3. The molecule has 0 aliphatic heterocycles. The van der Waals surface area contributed by atoms with Crippen molar-refractivity contribution >= 4 is 55.0 Å². The number of anilines is 1. The smallest absolute Gasteiger partial charge is 0.262 e. The van der Waals surface area contributed by atoms with E-state index < -0.39 is 21.4 Å². The first kappa shape index (κ1) is 26.1.